The summed E-state index contributed by atoms with van der Waals surface area (Å²) in [5, 5.41) is 18.2. The van der Waals surface area contributed by atoms with Crippen LogP contribution in [0.1, 0.15) is 51.4 Å². The third-order valence-corrected chi connectivity index (χ3v) is 4.73. The van der Waals surface area contributed by atoms with E-state index in [9.17, 15) is 14.7 Å². The number of carboxylic acid groups (broad SMARTS) is 2. The molecule has 3 atom stereocenters. The average Bonchev–Trinajstić information content (AvgIpc) is 2.45. The molecular weight excluding hydrogens is 260 g/mol. The number of ether oxygens (including phenoxy) is 1. The van der Waals surface area contributed by atoms with Crippen molar-refractivity contribution in [2.75, 3.05) is 6.61 Å². The van der Waals surface area contributed by atoms with E-state index in [1.54, 1.807) is 0 Å². The lowest BCUT2D eigenvalue weighted by molar-refractivity contribution is -0.159. The molecule has 114 valence electrons. The van der Waals surface area contributed by atoms with Crippen LogP contribution in [0.4, 0.5) is 0 Å². The molecule has 5 nitrogen and oxygen atoms in total. The Morgan fingerprint density at radius 3 is 2.15 bits per heavy atom. The Hall–Kier alpha value is -1.10. The number of aliphatic carboxylic acids is 2. The predicted molar refractivity (Wildman–Crippen MR) is 72.4 cm³/mol. The zero-order valence-electron chi connectivity index (χ0n) is 11.8. The fraction of sp³-hybridized carbons (Fsp3) is 0.867. The van der Waals surface area contributed by atoms with E-state index < -0.39 is 23.8 Å². The van der Waals surface area contributed by atoms with Crippen molar-refractivity contribution in [3.8, 4) is 0 Å². The van der Waals surface area contributed by atoms with Gasteiger partial charge in [0.05, 0.1) is 17.9 Å². The van der Waals surface area contributed by atoms with E-state index in [2.05, 4.69) is 0 Å². The Labute approximate surface area is 119 Å². The van der Waals surface area contributed by atoms with Crippen molar-refractivity contribution in [2.24, 2.45) is 17.8 Å². The van der Waals surface area contributed by atoms with Crippen LogP contribution < -0.4 is 0 Å². The minimum absolute atomic E-state index is 0.0892. The molecule has 20 heavy (non-hydrogen) atoms. The molecule has 0 radical (unpaired) electrons. The van der Waals surface area contributed by atoms with Crippen LogP contribution in [0.3, 0.4) is 0 Å². The Morgan fingerprint density at radius 2 is 1.55 bits per heavy atom. The summed E-state index contributed by atoms with van der Waals surface area (Å²) in [5.41, 5.74) is 0. The highest BCUT2D eigenvalue weighted by molar-refractivity contribution is 5.80. The highest BCUT2D eigenvalue weighted by Gasteiger charge is 2.39. The van der Waals surface area contributed by atoms with Gasteiger partial charge in [-0.1, -0.05) is 19.3 Å². The number of hydrogen-bond acceptors (Lipinski definition) is 3. The molecule has 2 aliphatic rings. The lowest BCUT2D eigenvalue weighted by Crippen LogP contribution is -2.38. The Bertz CT molecular complexity index is 348. The minimum atomic E-state index is -1.01. The van der Waals surface area contributed by atoms with Gasteiger partial charge in [-0.15, -0.1) is 0 Å². The van der Waals surface area contributed by atoms with Crippen molar-refractivity contribution in [2.45, 2.75) is 57.5 Å². The quantitative estimate of drug-likeness (QED) is 0.810. The molecule has 2 N–H and O–H groups in total. The van der Waals surface area contributed by atoms with E-state index >= 15 is 0 Å². The summed E-state index contributed by atoms with van der Waals surface area (Å²) < 4.78 is 5.87. The van der Waals surface area contributed by atoms with E-state index in [4.69, 9.17) is 9.84 Å². The molecule has 2 saturated carbocycles. The maximum atomic E-state index is 11.2. The Balaban J connectivity index is 1.82. The summed E-state index contributed by atoms with van der Waals surface area (Å²) in [5.74, 6) is -2.98. The van der Waals surface area contributed by atoms with Crippen LogP contribution in [0, 0.1) is 17.8 Å². The van der Waals surface area contributed by atoms with Crippen molar-refractivity contribution < 1.29 is 24.5 Å². The van der Waals surface area contributed by atoms with Crippen molar-refractivity contribution in [1.29, 1.82) is 0 Å². The summed E-state index contributed by atoms with van der Waals surface area (Å²) in [7, 11) is 0. The molecule has 2 rings (SSSR count). The molecule has 0 aromatic carbocycles. The normalized spacial score (nSPS) is 31.9. The van der Waals surface area contributed by atoms with Gasteiger partial charge in [-0.3, -0.25) is 9.59 Å². The molecule has 0 spiro atoms. The van der Waals surface area contributed by atoms with Gasteiger partial charge in [0, 0.05) is 6.61 Å². The lowest BCUT2D eigenvalue weighted by Gasteiger charge is -2.32. The summed E-state index contributed by atoms with van der Waals surface area (Å²) in [6, 6.07) is 0. The van der Waals surface area contributed by atoms with Crippen LogP contribution in [0.15, 0.2) is 0 Å². The maximum absolute atomic E-state index is 11.2. The minimum Gasteiger partial charge on any atom is -0.481 e. The average molecular weight is 284 g/mol. The predicted octanol–water partition coefficient (Wildman–Crippen LogP) is 2.54. The van der Waals surface area contributed by atoms with E-state index in [1.165, 1.54) is 32.1 Å². The third kappa shape index (κ3) is 3.95. The first-order valence-electron chi connectivity index (χ1n) is 7.65. The van der Waals surface area contributed by atoms with Crippen molar-refractivity contribution in [3.05, 3.63) is 0 Å². The van der Waals surface area contributed by atoms with Crippen LogP contribution in [-0.4, -0.2) is 34.9 Å². The molecule has 0 heterocycles. The van der Waals surface area contributed by atoms with Gasteiger partial charge in [-0.05, 0) is 38.0 Å². The molecule has 2 fully saturated rings. The first-order valence-corrected chi connectivity index (χ1v) is 7.65. The zero-order valence-corrected chi connectivity index (χ0v) is 11.8. The van der Waals surface area contributed by atoms with Gasteiger partial charge in [-0.2, -0.15) is 0 Å². The molecule has 2 aliphatic carbocycles. The fourth-order valence-electron chi connectivity index (χ4n) is 3.48. The largest absolute Gasteiger partial charge is 0.481 e. The number of hydrogen-bond donors (Lipinski definition) is 2. The van der Waals surface area contributed by atoms with Gasteiger partial charge in [0.2, 0.25) is 0 Å². The summed E-state index contributed by atoms with van der Waals surface area (Å²) in [6.07, 6.45) is 7.54. The SMILES string of the molecule is O=C(O)C1CCC(OCC2CCCCC2)CC1C(=O)O. The Morgan fingerprint density at radius 1 is 0.900 bits per heavy atom. The standard InChI is InChI=1S/C15H24O5/c16-14(17)12-7-6-11(8-13(12)15(18)19)20-9-10-4-2-1-3-5-10/h10-13H,1-9H2,(H,16,17)(H,18,19). The molecule has 3 unspecified atom stereocenters. The number of carbonyl (C=O) groups is 2. The molecule has 0 amide bonds. The molecule has 0 bridgehead atoms. The second-order valence-corrected chi connectivity index (χ2v) is 6.16. The van der Waals surface area contributed by atoms with Crippen LogP contribution in [-0.2, 0) is 14.3 Å². The van der Waals surface area contributed by atoms with Gasteiger partial charge in [-0.25, -0.2) is 0 Å². The summed E-state index contributed by atoms with van der Waals surface area (Å²) >= 11 is 0. The molecule has 0 saturated heterocycles. The lowest BCUT2D eigenvalue weighted by atomic mass is 9.78. The van der Waals surface area contributed by atoms with Crippen LogP contribution in [0.25, 0.3) is 0 Å². The van der Waals surface area contributed by atoms with E-state index in [-0.39, 0.29) is 6.10 Å². The topological polar surface area (TPSA) is 83.8 Å². The smallest absolute Gasteiger partial charge is 0.307 e. The van der Waals surface area contributed by atoms with Crippen molar-refractivity contribution in [1.82, 2.24) is 0 Å². The molecule has 0 aromatic rings. The van der Waals surface area contributed by atoms with Crippen LogP contribution in [0.2, 0.25) is 0 Å². The van der Waals surface area contributed by atoms with Gasteiger partial charge in [0.25, 0.3) is 0 Å². The highest BCUT2D eigenvalue weighted by Crippen LogP contribution is 2.33. The number of rotatable bonds is 5. The second kappa shape index (κ2) is 7.07. The number of carboxylic acids is 2. The summed E-state index contributed by atoms with van der Waals surface area (Å²) in [6.45, 7) is 0.703. The van der Waals surface area contributed by atoms with E-state index in [0.717, 1.165) is 0 Å². The fourth-order valence-corrected chi connectivity index (χ4v) is 3.48. The third-order valence-electron chi connectivity index (χ3n) is 4.73. The van der Waals surface area contributed by atoms with Crippen molar-refractivity contribution >= 4 is 11.9 Å². The van der Waals surface area contributed by atoms with Crippen molar-refractivity contribution in [3.63, 3.8) is 0 Å². The monoisotopic (exact) mass is 284 g/mol. The maximum Gasteiger partial charge on any atom is 0.307 e. The summed E-state index contributed by atoms with van der Waals surface area (Å²) in [4.78, 5) is 22.3. The van der Waals surface area contributed by atoms with Crippen LogP contribution in [0.5, 0.6) is 0 Å². The van der Waals surface area contributed by atoms with E-state index in [0.29, 0.717) is 31.8 Å². The Kier molecular flexibility index (Phi) is 5.40. The van der Waals surface area contributed by atoms with Gasteiger partial charge in [0.15, 0.2) is 0 Å². The molecule has 0 aromatic heterocycles. The molecular formula is C15H24O5. The van der Waals surface area contributed by atoms with E-state index in [1.807, 2.05) is 0 Å². The van der Waals surface area contributed by atoms with Gasteiger partial charge in [0.1, 0.15) is 0 Å². The molecule has 5 heteroatoms. The second-order valence-electron chi connectivity index (χ2n) is 6.16. The van der Waals surface area contributed by atoms with Gasteiger partial charge >= 0.3 is 11.9 Å². The van der Waals surface area contributed by atoms with Crippen LogP contribution >= 0.6 is 0 Å². The van der Waals surface area contributed by atoms with Gasteiger partial charge < -0.3 is 14.9 Å². The first kappa shape index (κ1) is 15.3. The zero-order chi connectivity index (χ0) is 14.5. The first-order chi connectivity index (χ1) is 9.58. The highest BCUT2D eigenvalue weighted by atomic mass is 16.5. The molecule has 0 aliphatic heterocycles.